The molecule has 0 radical (unpaired) electrons. The SMILES string of the molecule is CC(C)OCCCn1c(S[C@H](C)C(=O)N(C)C2CCCCC2)nc2ccccc2c1=O. The summed E-state index contributed by atoms with van der Waals surface area (Å²) in [7, 11) is 1.92. The van der Waals surface area contributed by atoms with E-state index in [4.69, 9.17) is 9.72 Å². The Morgan fingerprint density at radius 1 is 1.23 bits per heavy atom. The molecule has 31 heavy (non-hydrogen) atoms. The van der Waals surface area contributed by atoms with Crippen molar-refractivity contribution in [1.29, 1.82) is 0 Å². The molecule has 0 saturated heterocycles. The summed E-state index contributed by atoms with van der Waals surface area (Å²) in [6.07, 6.45) is 6.67. The van der Waals surface area contributed by atoms with Crippen molar-refractivity contribution in [3.63, 3.8) is 0 Å². The van der Waals surface area contributed by atoms with E-state index in [0.29, 0.717) is 35.3 Å². The maximum atomic E-state index is 13.2. The molecular weight excluding hydrogens is 410 g/mol. The largest absolute Gasteiger partial charge is 0.379 e. The molecule has 3 rings (SSSR count). The van der Waals surface area contributed by atoms with Crippen molar-refractivity contribution in [2.45, 2.75) is 88.4 Å². The molecule has 170 valence electrons. The summed E-state index contributed by atoms with van der Waals surface area (Å²) < 4.78 is 7.35. The summed E-state index contributed by atoms with van der Waals surface area (Å²) >= 11 is 1.38. The quantitative estimate of drug-likeness (QED) is 0.323. The van der Waals surface area contributed by atoms with E-state index in [1.165, 1.54) is 31.0 Å². The van der Waals surface area contributed by atoms with Crippen LogP contribution in [0, 0.1) is 0 Å². The standard InChI is InChI=1S/C24H35N3O3S/c1-17(2)30-16-10-15-27-23(29)20-13-8-9-14-21(20)25-24(27)31-18(3)22(28)26(4)19-11-6-5-7-12-19/h8-9,13-14,17-19H,5-7,10-12,15-16H2,1-4H3/t18-/m1/s1. The van der Waals surface area contributed by atoms with Crippen LogP contribution < -0.4 is 5.56 Å². The van der Waals surface area contributed by atoms with Crippen molar-refractivity contribution in [3.05, 3.63) is 34.6 Å². The molecule has 1 fully saturated rings. The number of carbonyl (C=O) groups is 1. The van der Waals surface area contributed by atoms with Gasteiger partial charge in [0.1, 0.15) is 0 Å². The van der Waals surface area contributed by atoms with Crippen molar-refractivity contribution in [2.75, 3.05) is 13.7 Å². The summed E-state index contributed by atoms with van der Waals surface area (Å²) in [6, 6.07) is 7.73. The van der Waals surface area contributed by atoms with Gasteiger partial charge in [0.05, 0.1) is 22.3 Å². The fraction of sp³-hybridized carbons (Fsp3) is 0.625. The Balaban J connectivity index is 1.80. The van der Waals surface area contributed by atoms with E-state index < -0.39 is 0 Å². The first-order chi connectivity index (χ1) is 14.9. The van der Waals surface area contributed by atoms with Crippen LogP contribution in [0.1, 0.15) is 59.3 Å². The van der Waals surface area contributed by atoms with Gasteiger partial charge in [0.25, 0.3) is 5.56 Å². The van der Waals surface area contributed by atoms with Gasteiger partial charge >= 0.3 is 0 Å². The van der Waals surface area contributed by atoms with Gasteiger partial charge in [0.15, 0.2) is 5.16 Å². The number of aromatic nitrogens is 2. The topological polar surface area (TPSA) is 64.4 Å². The van der Waals surface area contributed by atoms with Crippen LogP contribution in [0.5, 0.6) is 0 Å². The third-order valence-corrected chi connectivity index (χ3v) is 6.98. The summed E-state index contributed by atoms with van der Waals surface area (Å²) in [5.74, 6) is 0.106. The van der Waals surface area contributed by atoms with E-state index in [1.54, 1.807) is 4.57 Å². The minimum atomic E-state index is -0.307. The molecule has 0 bridgehead atoms. The molecule has 0 N–H and O–H groups in total. The molecule has 1 saturated carbocycles. The predicted octanol–water partition coefficient (Wildman–Crippen LogP) is 4.48. The zero-order valence-electron chi connectivity index (χ0n) is 19.2. The number of fused-ring (bicyclic) bond motifs is 1. The summed E-state index contributed by atoms with van der Waals surface area (Å²) in [4.78, 5) is 33.0. The maximum Gasteiger partial charge on any atom is 0.262 e. The Kier molecular flexibility index (Phi) is 8.55. The van der Waals surface area contributed by atoms with Crippen molar-refractivity contribution in [1.82, 2.24) is 14.5 Å². The van der Waals surface area contributed by atoms with E-state index in [-0.39, 0.29) is 22.8 Å². The molecule has 1 aromatic carbocycles. The average molecular weight is 446 g/mol. The van der Waals surface area contributed by atoms with E-state index in [9.17, 15) is 9.59 Å². The summed E-state index contributed by atoms with van der Waals surface area (Å²) in [5.41, 5.74) is 0.614. The molecule has 1 aliphatic rings. The van der Waals surface area contributed by atoms with E-state index in [0.717, 1.165) is 19.3 Å². The van der Waals surface area contributed by atoms with Crippen LogP contribution >= 0.6 is 11.8 Å². The lowest BCUT2D eigenvalue weighted by Crippen LogP contribution is -2.42. The fourth-order valence-electron chi connectivity index (χ4n) is 4.12. The molecule has 1 heterocycles. The smallest absolute Gasteiger partial charge is 0.262 e. The number of amides is 1. The minimum absolute atomic E-state index is 0.0575. The molecule has 6 nitrogen and oxygen atoms in total. The van der Waals surface area contributed by atoms with E-state index in [2.05, 4.69) is 0 Å². The van der Waals surface area contributed by atoms with Gasteiger partial charge in [0.2, 0.25) is 5.91 Å². The monoisotopic (exact) mass is 445 g/mol. The lowest BCUT2D eigenvalue weighted by atomic mass is 9.94. The number of para-hydroxylation sites is 1. The van der Waals surface area contributed by atoms with Gasteiger partial charge in [-0.15, -0.1) is 0 Å². The first-order valence-corrected chi connectivity index (χ1v) is 12.3. The molecule has 0 unspecified atom stereocenters. The number of hydrogen-bond donors (Lipinski definition) is 0. The van der Waals surface area contributed by atoms with Crippen LogP contribution in [-0.4, -0.2) is 51.4 Å². The third-order valence-electron chi connectivity index (χ3n) is 5.90. The van der Waals surface area contributed by atoms with Gasteiger partial charge in [-0.2, -0.15) is 0 Å². The lowest BCUT2D eigenvalue weighted by Gasteiger charge is -2.32. The van der Waals surface area contributed by atoms with Crippen LogP contribution in [0.4, 0.5) is 0 Å². The van der Waals surface area contributed by atoms with Crippen molar-refractivity contribution >= 4 is 28.6 Å². The number of ether oxygens (including phenoxy) is 1. The van der Waals surface area contributed by atoms with Crippen LogP contribution in [0.25, 0.3) is 10.9 Å². The van der Waals surface area contributed by atoms with Crippen LogP contribution in [0.3, 0.4) is 0 Å². The Morgan fingerprint density at radius 3 is 2.65 bits per heavy atom. The predicted molar refractivity (Wildman–Crippen MR) is 127 cm³/mol. The number of carbonyl (C=O) groups excluding carboxylic acids is 1. The van der Waals surface area contributed by atoms with Gasteiger partial charge in [-0.05, 0) is 52.2 Å². The van der Waals surface area contributed by atoms with Gasteiger partial charge in [-0.1, -0.05) is 43.2 Å². The Bertz CT molecular complexity index is 937. The highest BCUT2D eigenvalue weighted by atomic mass is 32.2. The second-order valence-electron chi connectivity index (χ2n) is 8.64. The van der Waals surface area contributed by atoms with Gasteiger partial charge in [-0.3, -0.25) is 14.2 Å². The first kappa shape index (κ1) is 23.8. The van der Waals surface area contributed by atoms with Gasteiger partial charge in [0, 0.05) is 26.2 Å². The Hall–Kier alpha value is -1.86. The fourth-order valence-corrected chi connectivity index (χ4v) is 5.16. The molecule has 1 aromatic heterocycles. The minimum Gasteiger partial charge on any atom is -0.379 e. The number of rotatable bonds is 9. The Morgan fingerprint density at radius 2 is 1.94 bits per heavy atom. The molecule has 1 aliphatic carbocycles. The lowest BCUT2D eigenvalue weighted by molar-refractivity contribution is -0.131. The second-order valence-corrected chi connectivity index (χ2v) is 9.95. The normalized spacial score (nSPS) is 16.0. The number of benzene rings is 1. The number of nitrogens with zero attached hydrogens (tertiary/aromatic N) is 3. The molecule has 1 atom stereocenters. The number of hydrogen-bond acceptors (Lipinski definition) is 5. The summed E-state index contributed by atoms with van der Waals surface area (Å²) in [6.45, 7) is 7.02. The van der Waals surface area contributed by atoms with E-state index >= 15 is 0 Å². The average Bonchev–Trinajstić information content (AvgIpc) is 2.77. The highest BCUT2D eigenvalue weighted by Crippen LogP contribution is 2.27. The molecule has 2 aromatic rings. The first-order valence-electron chi connectivity index (χ1n) is 11.4. The van der Waals surface area contributed by atoms with Crippen molar-refractivity contribution in [2.24, 2.45) is 0 Å². The van der Waals surface area contributed by atoms with Gasteiger partial charge in [-0.25, -0.2) is 4.98 Å². The molecular formula is C24H35N3O3S. The van der Waals surface area contributed by atoms with Crippen molar-refractivity contribution < 1.29 is 9.53 Å². The van der Waals surface area contributed by atoms with E-state index in [1.807, 2.05) is 57.0 Å². The maximum absolute atomic E-state index is 13.2. The molecule has 0 aliphatic heterocycles. The second kappa shape index (κ2) is 11.1. The molecule has 1 amide bonds. The highest BCUT2D eigenvalue weighted by Gasteiger charge is 2.27. The zero-order chi connectivity index (χ0) is 22.4. The van der Waals surface area contributed by atoms with Crippen LogP contribution in [-0.2, 0) is 16.1 Å². The third kappa shape index (κ3) is 6.10. The van der Waals surface area contributed by atoms with Gasteiger partial charge < -0.3 is 9.64 Å². The highest BCUT2D eigenvalue weighted by molar-refractivity contribution is 8.00. The van der Waals surface area contributed by atoms with Crippen LogP contribution in [0.2, 0.25) is 0 Å². The number of thioether (sulfide) groups is 1. The van der Waals surface area contributed by atoms with Crippen molar-refractivity contribution in [3.8, 4) is 0 Å². The summed E-state index contributed by atoms with van der Waals surface area (Å²) in [5, 5.41) is 0.902. The molecule has 7 heteroatoms. The zero-order valence-corrected chi connectivity index (χ0v) is 20.0. The van der Waals surface area contributed by atoms with Crippen LogP contribution in [0.15, 0.2) is 34.2 Å². The molecule has 0 spiro atoms. The Labute approximate surface area is 189 Å².